The molecule has 0 saturated carbocycles. The molecule has 0 saturated heterocycles. The Labute approximate surface area is 244 Å². The summed E-state index contributed by atoms with van der Waals surface area (Å²) in [7, 11) is 0. The Balaban J connectivity index is 1.15. The van der Waals surface area contributed by atoms with Crippen molar-refractivity contribution in [3.63, 3.8) is 0 Å². The highest BCUT2D eigenvalue weighted by atomic mass is 16.3. The Bertz CT molecular complexity index is 2160. The van der Waals surface area contributed by atoms with Gasteiger partial charge < -0.3 is 14.6 Å². The van der Waals surface area contributed by atoms with Crippen molar-refractivity contribution in [2.45, 2.75) is 6.54 Å². The van der Waals surface area contributed by atoms with E-state index in [0.717, 1.165) is 40.3 Å². The molecule has 0 spiro atoms. The van der Waals surface area contributed by atoms with Crippen LogP contribution in [-0.2, 0) is 6.54 Å². The second-order valence-corrected chi connectivity index (χ2v) is 11.0. The summed E-state index contributed by atoms with van der Waals surface area (Å²) in [5.41, 5.74) is 13.1. The van der Waals surface area contributed by atoms with Gasteiger partial charge in [-0.3, -0.25) is 0 Å². The van der Waals surface area contributed by atoms with Crippen molar-refractivity contribution in [1.29, 1.82) is 0 Å². The zero-order valence-electron chi connectivity index (χ0n) is 22.8. The van der Waals surface area contributed by atoms with Crippen LogP contribution in [0.1, 0.15) is 11.3 Å². The third kappa shape index (κ3) is 3.40. The van der Waals surface area contributed by atoms with Gasteiger partial charge in [0, 0.05) is 46.8 Å². The zero-order valence-corrected chi connectivity index (χ0v) is 22.8. The smallest absolute Gasteiger partial charge is 0.137 e. The molecule has 7 aromatic rings. The minimum Gasteiger partial charge on any atom is -0.456 e. The lowest BCUT2D eigenvalue weighted by molar-refractivity contribution is 0.592. The van der Waals surface area contributed by atoms with Crippen LogP contribution in [0, 0.1) is 0 Å². The molecule has 2 heterocycles. The van der Waals surface area contributed by atoms with E-state index in [2.05, 4.69) is 138 Å². The second kappa shape index (κ2) is 8.98. The van der Waals surface area contributed by atoms with Crippen molar-refractivity contribution in [3.05, 3.63) is 145 Å². The summed E-state index contributed by atoms with van der Waals surface area (Å²) in [5, 5.41) is 7.11. The van der Waals surface area contributed by atoms with E-state index in [1.54, 1.807) is 0 Å². The van der Waals surface area contributed by atoms with Gasteiger partial charge in [-0.1, -0.05) is 84.9 Å². The lowest BCUT2D eigenvalue weighted by atomic mass is 9.94. The Morgan fingerprint density at radius 1 is 0.548 bits per heavy atom. The topological polar surface area (TPSA) is 28.4 Å². The predicted molar refractivity (Wildman–Crippen MR) is 174 cm³/mol. The number of furan rings is 1. The number of nitrogens with one attached hydrogen (secondary N) is 1. The van der Waals surface area contributed by atoms with Gasteiger partial charge in [-0.05, 0) is 86.6 Å². The zero-order chi connectivity index (χ0) is 27.6. The molecule has 198 valence electrons. The molecule has 42 heavy (non-hydrogen) atoms. The molecule has 0 atom stereocenters. The number of benzene rings is 6. The molecule has 1 aliphatic heterocycles. The van der Waals surface area contributed by atoms with Gasteiger partial charge in [0.05, 0.1) is 0 Å². The summed E-state index contributed by atoms with van der Waals surface area (Å²) in [6.45, 7) is 0.783. The van der Waals surface area contributed by atoms with Crippen molar-refractivity contribution < 1.29 is 4.42 Å². The van der Waals surface area contributed by atoms with Crippen molar-refractivity contribution in [2.75, 3.05) is 4.90 Å². The summed E-state index contributed by atoms with van der Waals surface area (Å²) in [6.07, 6.45) is 3.95. The average Bonchev–Trinajstić information content (AvgIpc) is 3.59. The van der Waals surface area contributed by atoms with Crippen LogP contribution in [0.5, 0.6) is 0 Å². The SMILES string of the molecule is C1=Cc2oc3cc(N(c4ccccc4)c4ccc(-c5ccc6c7c(cccc57)-c5ccccc5-6)cc4)ccc3c2CN1. The van der Waals surface area contributed by atoms with Gasteiger partial charge >= 0.3 is 0 Å². The molecule has 0 unspecified atom stereocenters. The summed E-state index contributed by atoms with van der Waals surface area (Å²) in [5.74, 6) is 0.935. The second-order valence-electron chi connectivity index (χ2n) is 11.0. The van der Waals surface area contributed by atoms with Gasteiger partial charge in [-0.15, -0.1) is 0 Å². The third-order valence-electron chi connectivity index (χ3n) is 8.70. The Morgan fingerprint density at radius 3 is 2.07 bits per heavy atom. The van der Waals surface area contributed by atoms with Crippen LogP contribution in [-0.4, -0.2) is 0 Å². The third-order valence-corrected chi connectivity index (χ3v) is 8.70. The Kier molecular flexibility index (Phi) is 4.96. The van der Waals surface area contributed by atoms with E-state index in [1.807, 2.05) is 12.3 Å². The van der Waals surface area contributed by atoms with Gasteiger partial charge in [0.25, 0.3) is 0 Å². The van der Waals surface area contributed by atoms with Crippen LogP contribution in [0.15, 0.2) is 138 Å². The molecule has 0 amide bonds. The Morgan fingerprint density at radius 2 is 1.24 bits per heavy atom. The summed E-state index contributed by atoms with van der Waals surface area (Å²) >= 11 is 0. The standard InChI is InChI=1S/C39H26N2O/c1-2-7-26(8-3-1)41(28-17-18-32-36-24-40-22-21-37(36)42-38(32)23-28)27-15-13-25(14-16-27)29-19-20-35-31-10-5-4-9-30(31)34-12-6-11-33(29)39(34)35/h1-23,40H,24H2. The van der Waals surface area contributed by atoms with E-state index < -0.39 is 0 Å². The minimum atomic E-state index is 0.783. The van der Waals surface area contributed by atoms with Gasteiger partial charge in [-0.2, -0.15) is 0 Å². The van der Waals surface area contributed by atoms with Crippen molar-refractivity contribution in [3.8, 4) is 33.4 Å². The molecule has 9 rings (SSSR count). The minimum absolute atomic E-state index is 0.783. The van der Waals surface area contributed by atoms with Gasteiger partial charge in [0.1, 0.15) is 11.3 Å². The molecule has 6 aromatic carbocycles. The molecule has 0 fully saturated rings. The summed E-state index contributed by atoms with van der Waals surface area (Å²) < 4.78 is 6.27. The van der Waals surface area contributed by atoms with Gasteiger partial charge in [-0.25, -0.2) is 0 Å². The van der Waals surface area contributed by atoms with E-state index >= 15 is 0 Å². The van der Waals surface area contributed by atoms with E-state index in [0.29, 0.717) is 0 Å². The first kappa shape index (κ1) is 23.2. The monoisotopic (exact) mass is 538 g/mol. The number of nitrogens with zero attached hydrogens (tertiary/aromatic N) is 1. The van der Waals surface area contributed by atoms with Crippen molar-refractivity contribution in [2.24, 2.45) is 0 Å². The highest BCUT2D eigenvalue weighted by Crippen LogP contribution is 2.49. The highest BCUT2D eigenvalue weighted by molar-refractivity contribution is 6.18. The van der Waals surface area contributed by atoms with Crippen LogP contribution in [0.25, 0.3) is 61.2 Å². The molecule has 0 bridgehead atoms. The average molecular weight is 539 g/mol. The quantitative estimate of drug-likeness (QED) is 0.242. The lowest BCUT2D eigenvalue weighted by Gasteiger charge is -2.25. The molecule has 2 aliphatic rings. The molecule has 1 aromatic heterocycles. The predicted octanol–water partition coefficient (Wildman–Crippen LogP) is 10.4. The first-order chi connectivity index (χ1) is 20.8. The summed E-state index contributed by atoms with van der Waals surface area (Å²) in [6, 6.07) is 46.0. The van der Waals surface area contributed by atoms with Crippen LogP contribution in [0.4, 0.5) is 17.1 Å². The van der Waals surface area contributed by atoms with Crippen molar-refractivity contribution >= 4 is 44.9 Å². The summed E-state index contributed by atoms with van der Waals surface area (Å²) in [4.78, 5) is 2.29. The maximum Gasteiger partial charge on any atom is 0.137 e. The number of hydrogen-bond acceptors (Lipinski definition) is 3. The molecule has 3 heteroatoms. The van der Waals surface area contributed by atoms with Crippen LogP contribution in [0.2, 0.25) is 0 Å². The maximum atomic E-state index is 6.27. The molecule has 3 nitrogen and oxygen atoms in total. The van der Waals surface area contributed by atoms with E-state index in [-0.39, 0.29) is 0 Å². The first-order valence-corrected chi connectivity index (χ1v) is 14.4. The van der Waals surface area contributed by atoms with E-state index in [1.165, 1.54) is 49.7 Å². The molecular weight excluding hydrogens is 512 g/mol. The first-order valence-electron chi connectivity index (χ1n) is 14.4. The van der Waals surface area contributed by atoms with Crippen LogP contribution >= 0.6 is 0 Å². The molecule has 0 radical (unpaired) electrons. The fourth-order valence-corrected chi connectivity index (χ4v) is 6.78. The highest BCUT2D eigenvalue weighted by Gasteiger charge is 2.23. The fourth-order valence-electron chi connectivity index (χ4n) is 6.78. The van der Waals surface area contributed by atoms with Gasteiger partial charge in [0.15, 0.2) is 0 Å². The number of para-hydroxylation sites is 1. The largest absolute Gasteiger partial charge is 0.456 e. The molecule has 1 aliphatic carbocycles. The molecule has 1 N–H and O–H groups in total. The van der Waals surface area contributed by atoms with E-state index in [9.17, 15) is 0 Å². The molecular formula is C39H26N2O. The maximum absolute atomic E-state index is 6.27. The van der Waals surface area contributed by atoms with Crippen molar-refractivity contribution in [1.82, 2.24) is 5.32 Å². The fraction of sp³-hybridized carbons (Fsp3) is 0.0256. The normalized spacial score (nSPS) is 12.8. The lowest BCUT2D eigenvalue weighted by Crippen LogP contribution is -2.10. The number of fused-ring (bicyclic) bond motifs is 6. The van der Waals surface area contributed by atoms with Gasteiger partial charge in [0.2, 0.25) is 0 Å². The number of rotatable bonds is 4. The Hall–Kier alpha value is -5.54. The van der Waals surface area contributed by atoms with Crippen LogP contribution in [0.3, 0.4) is 0 Å². The van der Waals surface area contributed by atoms with E-state index in [4.69, 9.17) is 4.42 Å². The number of anilines is 3. The number of hydrogen-bond donors (Lipinski definition) is 1. The van der Waals surface area contributed by atoms with Crippen LogP contribution < -0.4 is 10.2 Å².